The molecule has 1 aromatic heterocycles. The van der Waals surface area contributed by atoms with E-state index < -0.39 is 11.6 Å². The lowest BCUT2D eigenvalue weighted by Gasteiger charge is -2.14. The molecular formula is C13H14F2N4. The zero-order chi connectivity index (χ0) is 14.0. The van der Waals surface area contributed by atoms with Gasteiger partial charge in [-0.3, -0.25) is 0 Å². The Morgan fingerprint density at radius 3 is 2.53 bits per heavy atom. The lowest BCUT2D eigenvalue weighted by Crippen LogP contribution is -2.06. The number of aromatic nitrogens is 2. The Balaban J connectivity index is 2.38. The molecule has 0 spiro atoms. The van der Waals surface area contributed by atoms with Crippen LogP contribution in [0.4, 0.5) is 26.1 Å². The fraction of sp³-hybridized carbons (Fsp3) is 0.231. The first-order valence-electron chi connectivity index (χ1n) is 5.81. The molecule has 1 heterocycles. The van der Waals surface area contributed by atoms with Crippen LogP contribution in [0.1, 0.15) is 25.3 Å². The van der Waals surface area contributed by atoms with E-state index in [4.69, 9.17) is 5.73 Å². The maximum Gasteiger partial charge on any atom is 0.160 e. The van der Waals surface area contributed by atoms with E-state index in [0.29, 0.717) is 17.3 Å². The Labute approximate surface area is 109 Å². The van der Waals surface area contributed by atoms with Crippen LogP contribution in [0.3, 0.4) is 0 Å². The Bertz CT molecular complexity index is 599. The average Bonchev–Trinajstić information content (AvgIpc) is 2.33. The van der Waals surface area contributed by atoms with E-state index in [2.05, 4.69) is 15.3 Å². The minimum Gasteiger partial charge on any atom is -0.383 e. The van der Waals surface area contributed by atoms with E-state index in [9.17, 15) is 8.78 Å². The highest BCUT2D eigenvalue weighted by atomic mass is 19.2. The summed E-state index contributed by atoms with van der Waals surface area (Å²) < 4.78 is 26.0. The van der Waals surface area contributed by atoms with Gasteiger partial charge in [0.1, 0.15) is 18.0 Å². The molecule has 0 fully saturated rings. The molecule has 0 bridgehead atoms. The zero-order valence-corrected chi connectivity index (χ0v) is 10.6. The van der Waals surface area contributed by atoms with Gasteiger partial charge < -0.3 is 11.1 Å². The number of nitrogens with zero attached hydrogens (tertiary/aromatic N) is 2. The average molecular weight is 264 g/mol. The number of halogens is 2. The second-order valence-electron chi connectivity index (χ2n) is 4.43. The van der Waals surface area contributed by atoms with Crippen LogP contribution in [-0.4, -0.2) is 9.97 Å². The summed E-state index contributed by atoms with van der Waals surface area (Å²) in [5, 5.41) is 2.92. The van der Waals surface area contributed by atoms with Crippen molar-refractivity contribution in [3.05, 3.63) is 41.7 Å². The van der Waals surface area contributed by atoms with E-state index >= 15 is 0 Å². The second-order valence-corrected chi connectivity index (χ2v) is 4.43. The molecule has 100 valence electrons. The summed E-state index contributed by atoms with van der Waals surface area (Å²) in [4.78, 5) is 8.02. The van der Waals surface area contributed by atoms with Gasteiger partial charge in [-0.2, -0.15) is 0 Å². The Morgan fingerprint density at radius 2 is 1.89 bits per heavy atom. The van der Waals surface area contributed by atoms with Crippen molar-refractivity contribution in [3.8, 4) is 0 Å². The van der Waals surface area contributed by atoms with Crippen LogP contribution < -0.4 is 11.1 Å². The molecule has 0 atom stereocenters. The number of hydrogen-bond donors (Lipinski definition) is 2. The van der Waals surface area contributed by atoms with Gasteiger partial charge in [0.05, 0.1) is 0 Å². The van der Waals surface area contributed by atoms with Crippen LogP contribution in [0.25, 0.3) is 0 Å². The predicted octanol–water partition coefficient (Wildman–Crippen LogP) is 3.20. The second kappa shape index (κ2) is 5.17. The molecule has 19 heavy (non-hydrogen) atoms. The van der Waals surface area contributed by atoms with E-state index in [1.807, 2.05) is 13.8 Å². The maximum absolute atomic E-state index is 13.1. The molecule has 2 aromatic rings. The first-order valence-corrected chi connectivity index (χ1v) is 5.81. The quantitative estimate of drug-likeness (QED) is 0.893. The highest BCUT2D eigenvalue weighted by Gasteiger charge is 2.13. The van der Waals surface area contributed by atoms with Crippen molar-refractivity contribution >= 4 is 17.3 Å². The highest BCUT2D eigenvalue weighted by molar-refractivity contribution is 5.64. The molecule has 0 saturated heterocycles. The minimum atomic E-state index is -0.918. The smallest absolute Gasteiger partial charge is 0.160 e. The van der Waals surface area contributed by atoms with Gasteiger partial charge in [0.2, 0.25) is 0 Å². The number of benzene rings is 1. The fourth-order valence-corrected chi connectivity index (χ4v) is 1.79. The van der Waals surface area contributed by atoms with Crippen molar-refractivity contribution in [1.29, 1.82) is 0 Å². The van der Waals surface area contributed by atoms with Crippen LogP contribution in [0.15, 0.2) is 24.5 Å². The third kappa shape index (κ3) is 2.78. The molecule has 1 aromatic carbocycles. The molecule has 0 amide bonds. The third-order valence-electron chi connectivity index (χ3n) is 2.67. The molecule has 0 aliphatic rings. The molecule has 0 aliphatic carbocycles. The van der Waals surface area contributed by atoms with Crippen molar-refractivity contribution in [1.82, 2.24) is 9.97 Å². The van der Waals surface area contributed by atoms with Crippen LogP contribution in [0.5, 0.6) is 0 Å². The van der Waals surface area contributed by atoms with Crippen LogP contribution in [-0.2, 0) is 0 Å². The van der Waals surface area contributed by atoms with Crippen molar-refractivity contribution in [3.63, 3.8) is 0 Å². The fourth-order valence-electron chi connectivity index (χ4n) is 1.79. The van der Waals surface area contributed by atoms with Crippen LogP contribution in [0, 0.1) is 11.6 Å². The van der Waals surface area contributed by atoms with Gasteiger partial charge in [0, 0.05) is 17.3 Å². The van der Waals surface area contributed by atoms with Gasteiger partial charge in [0.25, 0.3) is 0 Å². The van der Waals surface area contributed by atoms with E-state index in [-0.39, 0.29) is 5.92 Å². The summed E-state index contributed by atoms with van der Waals surface area (Å²) in [6, 6.07) is 3.55. The van der Waals surface area contributed by atoms with Gasteiger partial charge in [-0.05, 0) is 18.1 Å². The van der Waals surface area contributed by atoms with Gasteiger partial charge in [-0.1, -0.05) is 13.8 Å². The molecule has 0 radical (unpaired) electrons. The minimum absolute atomic E-state index is 0.106. The summed E-state index contributed by atoms with van der Waals surface area (Å²) in [5.41, 5.74) is 6.95. The Morgan fingerprint density at radius 1 is 1.16 bits per heavy atom. The molecule has 6 heteroatoms. The van der Waals surface area contributed by atoms with Crippen molar-refractivity contribution in [2.45, 2.75) is 19.8 Å². The third-order valence-corrected chi connectivity index (χ3v) is 2.67. The topological polar surface area (TPSA) is 63.8 Å². The zero-order valence-electron chi connectivity index (χ0n) is 10.6. The summed E-state index contributed by atoms with van der Waals surface area (Å²) in [7, 11) is 0. The molecule has 3 N–H and O–H groups in total. The normalized spacial score (nSPS) is 10.8. The maximum atomic E-state index is 13.1. The number of anilines is 3. The molecule has 0 saturated carbocycles. The number of nitrogen functional groups attached to an aromatic ring is 1. The first-order chi connectivity index (χ1) is 8.99. The van der Waals surface area contributed by atoms with Gasteiger partial charge in [-0.25, -0.2) is 18.7 Å². The van der Waals surface area contributed by atoms with E-state index in [1.165, 1.54) is 12.4 Å². The van der Waals surface area contributed by atoms with Gasteiger partial charge in [-0.15, -0.1) is 0 Å². The lowest BCUT2D eigenvalue weighted by atomic mass is 10.0. The summed E-state index contributed by atoms with van der Waals surface area (Å²) in [6.07, 6.45) is 1.32. The van der Waals surface area contributed by atoms with Crippen LogP contribution >= 0.6 is 0 Å². The van der Waals surface area contributed by atoms with Crippen molar-refractivity contribution in [2.75, 3.05) is 11.1 Å². The molecule has 2 rings (SSSR count). The summed E-state index contributed by atoms with van der Waals surface area (Å²) in [5.74, 6) is -0.840. The van der Waals surface area contributed by atoms with Crippen LogP contribution in [0.2, 0.25) is 0 Å². The monoisotopic (exact) mass is 264 g/mol. The SMILES string of the molecule is CC(C)c1c(N)ncnc1Nc1ccc(F)c(F)c1. The molecule has 4 nitrogen and oxygen atoms in total. The first kappa shape index (κ1) is 13.2. The predicted molar refractivity (Wildman–Crippen MR) is 70.2 cm³/mol. The molecule has 0 unspecified atom stereocenters. The molecular weight excluding hydrogens is 250 g/mol. The lowest BCUT2D eigenvalue weighted by molar-refractivity contribution is 0.509. The number of rotatable bonds is 3. The number of nitrogens with one attached hydrogen (secondary N) is 1. The largest absolute Gasteiger partial charge is 0.383 e. The van der Waals surface area contributed by atoms with Gasteiger partial charge >= 0.3 is 0 Å². The highest BCUT2D eigenvalue weighted by Crippen LogP contribution is 2.28. The van der Waals surface area contributed by atoms with Crippen molar-refractivity contribution in [2.24, 2.45) is 0 Å². The van der Waals surface area contributed by atoms with Crippen molar-refractivity contribution < 1.29 is 8.78 Å². The van der Waals surface area contributed by atoms with Gasteiger partial charge in [0.15, 0.2) is 11.6 Å². The number of hydrogen-bond acceptors (Lipinski definition) is 4. The molecule has 0 aliphatic heterocycles. The van der Waals surface area contributed by atoms with E-state index in [0.717, 1.165) is 17.7 Å². The summed E-state index contributed by atoms with van der Waals surface area (Å²) >= 11 is 0. The number of nitrogens with two attached hydrogens (primary N) is 1. The standard InChI is InChI=1S/C13H14F2N4/c1-7(2)11-12(16)17-6-18-13(11)19-8-3-4-9(14)10(15)5-8/h3-7H,1-2H3,(H3,16,17,18,19). The van der Waals surface area contributed by atoms with E-state index in [1.54, 1.807) is 0 Å². The Hall–Kier alpha value is -2.24. The Kier molecular flexibility index (Phi) is 3.59. The summed E-state index contributed by atoms with van der Waals surface area (Å²) in [6.45, 7) is 3.90.